The van der Waals surface area contributed by atoms with Gasteiger partial charge in [-0.1, -0.05) is 29.3 Å². The average Bonchev–Trinajstić information content (AvgIpc) is 3.20. The van der Waals surface area contributed by atoms with E-state index in [0.717, 1.165) is 47.7 Å². The minimum atomic E-state index is 0.465. The van der Waals surface area contributed by atoms with Crippen molar-refractivity contribution in [2.45, 2.75) is 37.8 Å². The van der Waals surface area contributed by atoms with Crippen molar-refractivity contribution >= 4 is 23.2 Å². The first kappa shape index (κ1) is 13.7. The van der Waals surface area contributed by atoms with Crippen molar-refractivity contribution in [3.63, 3.8) is 0 Å². The zero-order chi connectivity index (χ0) is 13.2. The highest BCUT2D eigenvalue weighted by atomic mass is 35.5. The molecule has 1 saturated carbocycles. The van der Waals surface area contributed by atoms with Crippen LogP contribution in [0.5, 0.6) is 0 Å². The van der Waals surface area contributed by atoms with Gasteiger partial charge in [0, 0.05) is 34.7 Å². The summed E-state index contributed by atoms with van der Waals surface area (Å²) in [5.41, 5.74) is 1.06. The Hall–Kier alpha value is -0.280. The molecule has 1 heterocycles. The molecule has 0 bridgehead atoms. The Morgan fingerprint density at radius 1 is 1.16 bits per heavy atom. The SMILES string of the molecule is Clc1cccc(Cl)c1CC1COCCC1NC1CC1. The normalized spacial score (nSPS) is 27.5. The quantitative estimate of drug-likeness (QED) is 0.915. The third-order valence-corrected chi connectivity index (χ3v) is 4.74. The Morgan fingerprint density at radius 3 is 2.58 bits per heavy atom. The Labute approximate surface area is 124 Å². The van der Waals surface area contributed by atoms with Gasteiger partial charge in [0.05, 0.1) is 6.61 Å². The van der Waals surface area contributed by atoms with E-state index >= 15 is 0 Å². The Bertz CT molecular complexity index is 428. The fourth-order valence-electron chi connectivity index (χ4n) is 2.76. The minimum Gasteiger partial charge on any atom is -0.381 e. The zero-order valence-electron chi connectivity index (χ0n) is 10.9. The van der Waals surface area contributed by atoms with Gasteiger partial charge in [-0.05, 0) is 43.4 Å². The summed E-state index contributed by atoms with van der Waals surface area (Å²) < 4.78 is 5.64. The molecular weight excluding hydrogens is 281 g/mol. The molecule has 1 aromatic carbocycles. The van der Waals surface area contributed by atoms with Crippen molar-refractivity contribution < 1.29 is 4.74 Å². The van der Waals surface area contributed by atoms with E-state index in [1.165, 1.54) is 12.8 Å². The Morgan fingerprint density at radius 2 is 1.89 bits per heavy atom. The molecule has 2 fully saturated rings. The predicted octanol–water partition coefficient (Wildman–Crippen LogP) is 3.69. The van der Waals surface area contributed by atoms with Gasteiger partial charge in [-0.15, -0.1) is 0 Å². The summed E-state index contributed by atoms with van der Waals surface area (Å²) in [7, 11) is 0. The highest BCUT2D eigenvalue weighted by Gasteiger charge is 2.32. The molecule has 1 aliphatic carbocycles. The fraction of sp³-hybridized carbons (Fsp3) is 0.600. The van der Waals surface area contributed by atoms with Gasteiger partial charge in [-0.3, -0.25) is 0 Å². The molecule has 3 rings (SSSR count). The van der Waals surface area contributed by atoms with Crippen LogP contribution in [0, 0.1) is 5.92 Å². The first-order valence-corrected chi connectivity index (χ1v) is 7.76. The van der Waals surface area contributed by atoms with Crippen LogP contribution in [-0.2, 0) is 11.2 Å². The van der Waals surface area contributed by atoms with Crippen LogP contribution >= 0.6 is 23.2 Å². The Kier molecular flexibility index (Phi) is 4.33. The van der Waals surface area contributed by atoms with Gasteiger partial charge in [-0.2, -0.15) is 0 Å². The standard InChI is InChI=1S/C15H19Cl2NO/c16-13-2-1-3-14(17)12(13)8-10-9-19-7-6-15(10)18-11-4-5-11/h1-3,10-11,15,18H,4-9H2. The van der Waals surface area contributed by atoms with Crippen LogP contribution in [0.2, 0.25) is 10.0 Å². The first-order chi connectivity index (χ1) is 9.24. The van der Waals surface area contributed by atoms with Crippen LogP contribution in [0.3, 0.4) is 0 Å². The molecule has 0 amide bonds. The zero-order valence-corrected chi connectivity index (χ0v) is 12.4. The summed E-state index contributed by atoms with van der Waals surface area (Å²) in [6, 6.07) is 6.98. The summed E-state index contributed by atoms with van der Waals surface area (Å²) in [6.45, 7) is 1.66. The van der Waals surface area contributed by atoms with E-state index in [2.05, 4.69) is 5.32 Å². The van der Waals surface area contributed by atoms with Gasteiger partial charge in [0.25, 0.3) is 0 Å². The van der Waals surface area contributed by atoms with Gasteiger partial charge in [0.2, 0.25) is 0 Å². The summed E-state index contributed by atoms with van der Waals surface area (Å²) in [5, 5.41) is 5.27. The minimum absolute atomic E-state index is 0.465. The van der Waals surface area contributed by atoms with E-state index in [4.69, 9.17) is 27.9 Å². The molecule has 2 nitrogen and oxygen atoms in total. The van der Waals surface area contributed by atoms with E-state index in [1.807, 2.05) is 18.2 Å². The topological polar surface area (TPSA) is 21.3 Å². The van der Waals surface area contributed by atoms with E-state index in [-0.39, 0.29) is 0 Å². The maximum Gasteiger partial charge on any atom is 0.0512 e. The van der Waals surface area contributed by atoms with Gasteiger partial charge < -0.3 is 10.1 Å². The van der Waals surface area contributed by atoms with Crippen molar-refractivity contribution in [1.82, 2.24) is 5.32 Å². The third kappa shape index (κ3) is 3.43. The van der Waals surface area contributed by atoms with Crippen LogP contribution in [0.15, 0.2) is 18.2 Å². The highest BCUT2D eigenvalue weighted by molar-refractivity contribution is 6.35. The van der Waals surface area contributed by atoms with Crippen LogP contribution < -0.4 is 5.32 Å². The van der Waals surface area contributed by atoms with Crippen molar-refractivity contribution in [2.75, 3.05) is 13.2 Å². The van der Waals surface area contributed by atoms with E-state index in [0.29, 0.717) is 12.0 Å². The first-order valence-electron chi connectivity index (χ1n) is 7.00. The second kappa shape index (κ2) is 6.01. The lowest BCUT2D eigenvalue weighted by Crippen LogP contribution is -2.44. The molecule has 1 aliphatic heterocycles. The smallest absolute Gasteiger partial charge is 0.0512 e. The lowest BCUT2D eigenvalue weighted by atomic mass is 9.89. The lowest BCUT2D eigenvalue weighted by Gasteiger charge is -2.33. The van der Waals surface area contributed by atoms with Crippen LogP contribution in [0.1, 0.15) is 24.8 Å². The van der Waals surface area contributed by atoms with E-state index in [1.54, 1.807) is 0 Å². The summed E-state index contributed by atoms with van der Waals surface area (Å²) in [6.07, 6.45) is 4.61. The Balaban J connectivity index is 1.71. The summed E-state index contributed by atoms with van der Waals surface area (Å²) in [5.74, 6) is 0.465. The third-order valence-electron chi connectivity index (χ3n) is 4.03. The molecule has 1 N–H and O–H groups in total. The number of hydrogen-bond donors (Lipinski definition) is 1. The monoisotopic (exact) mass is 299 g/mol. The average molecular weight is 300 g/mol. The highest BCUT2D eigenvalue weighted by Crippen LogP contribution is 2.31. The van der Waals surface area contributed by atoms with Crippen molar-refractivity contribution in [3.8, 4) is 0 Å². The number of benzene rings is 1. The van der Waals surface area contributed by atoms with Crippen LogP contribution in [0.4, 0.5) is 0 Å². The number of rotatable bonds is 4. The van der Waals surface area contributed by atoms with Gasteiger partial charge >= 0.3 is 0 Å². The summed E-state index contributed by atoms with van der Waals surface area (Å²) in [4.78, 5) is 0. The summed E-state index contributed by atoms with van der Waals surface area (Å²) >= 11 is 12.5. The molecule has 104 valence electrons. The largest absolute Gasteiger partial charge is 0.381 e. The van der Waals surface area contributed by atoms with Gasteiger partial charge in [-0.25, -0.2) is 0 Å². The molecule has 0 spiro atoms. The van der Waals surface area contributed by atoms with Gasteiger partial charge in [0.1, 0.15) is 0 Å². The van der Waals surface area contributed by atoms with Crippen LogP contribution in [0.25, 0.3) is 0 Å². The lowest BCUT2D eigenvalue weighted by molar-refractivity contribution is 0.0316. The van der Waals surface area contributed by atoms with E-state index in [9.17, 15) is 0 Å². The number of nitrogens with one attached hydrogen (secondary N) is 1. The second-order valence-electron chi connectivity index (χ2n) is 5.58. The van der Waals surface area contributed by atoms with E-state index < -0.39 is 0 Å². The molecule has 19 heavy (non-hydrogen) atoms. The molecule has 4 heteroatoms. The molecule has 0 aromatic heterocycles. The molecule has 1 aromatic rings. The molecular formula is C15H19Cl2NO. The maximum absolute atomic E-state index is 6.27. The van der Waals surface area contributed by atoms with Crippen molar-refractivity contribution in [1.29, 1.82) is 0 Å². The molecule has 0 radical (unpaired) electrons. The van der Waals surface area contributed by atoms with Crippen molar-refractivity contribution in [2.24, 2.45) is 5.92 Å². The van der Waals surface area contributed by atoms with Crippen molar-refractivity contribution in [3.05, 3.63) is 33.8 Å². The fourth-order valence-corrected chi connectivity index (χ4v) is 3.31. The number of hydrogen-bond acceptors (Lipinski definition) is 2. The number of ether oxygens (including phenoxy) is 1. The van der Waals surface area contributed by atoms with Gasteiger partial charge in [0.15, 0.2) is 0 Å². The predicted molar refractivity (Wildman–Crippen MR) is 79.0 cm³/mol. The molecule has 2 aliphatic rings. The second-order valence-corrected chi connectivity index (χ2v) is 6.39. The molecule has 1 saturated heterocycles. The van der Waals surface area contributed by atoms with Crippen LogP contribution in [-0.4, -0.2) is 25.3 Å². The molecule has 2 atom stereocenters. The molecule has 2 unspecified atom stereocenters. The maximum atomic E-state index is 6.27. The number of halogens is 2.